The normalized spacial score (nSPS) is 62.6. The first kappa shape index (κ1) is 12.3. The number of methoxy groups -OCH3 is 1. The van der Waals surface area contributed by atoms with E-state index in [1.54, 1.807) is 7.11 Å². The van der Waals surface area contributed by atoms with Gasteiger partial charge in [0.05, 0.1) is 12.0 Å². The van der Waals surface area contributed by atoms with Crippen LogP contribution in [0.3, 0.4) is 0 Å². The van der Waals surface area contributed by atoms with Gasteiger partial charge in [0.2, 0.25) is 0 Å². The summed E-state index contributed by atoms with van der Waals surface area (Å²) < 4.78 is 5.54. The lowest BCUT2D eigenvalue weighted by Gasteiger charge is -2.48. The molecule has 19 heavy (non-hydrogen) atoms. The van der Waals surface area contributed by atoms with E-state index in [9.17, 15) is 9.90 Å². The molecule has 106 valence electrons. The Kier molecular flexibility index (Phi) is 2.11. The number of carbonyl (C=O) groups is 1. The van der Waals surface area contributed by atoms with Crippen molar-refractivity contribution in [2.45, 2.75) is 57.7 Å². The fourth-order valence-electron chi connectivity index (χ4n) is 6.84. The lowest BCUT2D eigenvalue weighted by atomic mass is 9.61. The molecule has 3 nitrogen and oxygen atoms in total. The summed E-state index contributed by atoms with van der Waals surface area (Å²) in [5, 5.41) is 11.5. The third-order valence-corrected chi connectivity index (χ3v) is 7.67. The van der Waals surface area contributed by atoms with Crippen LogP contribution >= 0.6 is 0 Å². The third kappa shape index (κ3) is 0.994. The summed E-state index contributed by atoms with van der Waals surface area (Å²) in [5.74, 6) is 1.13. The number of hydrogen-bond acceptors (Lipinski definition) is 3. The van der Waals surface area contributed by atoms with Gasteiger partial charge in [-0.25, -0.2) is 0 Å². The zero-order valence-electron chi connectivity index (χ0n) is 12.1. The molecule has 4 saturated carbocycles. The molecule has 0 spiro atoms. The monoisotopic (exact) mass is 264 g/mol. The van der Waals surface area contributed by atoms with Gasteiger partial charge < -0.3 is 9.84 Å². The van der Waals surface area contributed by atoms with Gasteiger partial charge in [-0.1, -0.05) is 26.7 Å². The maximum atomic E-state index is 12.5. The lowest BCUT2D eigenvalue weighted by Crippen LogP contribution is -2.57. The van der Waals surface area contributed by atoms with E-state index in [1.165, 1.54) is 12.8 Å². The quantitative estimate of drug-likeness (QED) is 0.789. The van der Waals surface area contributed by atoms with E-state index in [0.29, 0.717) is 18.3 Å². The van der Waals surface area contributed by atoms with Crippen molar-refractivity contribution in [3.63, 3.8) is 0 Å². The number of fused-ring (bicyclic) bond motifs is 2. The standard InChI is InChI=1S/C16H24O3/c1-14-6-4-5-9-8-15(14,2)16(18)11(19-3)7-10(17)13(16)12(9)14/h9,11-13,18H,4-8H2,1-3H3/t9-,11-,12-,13+,14-,15-,16+/m0/s1. The van der Waals surface area contributed by atoms with Crippen molar-refractivity contribution in [2.75, 3.05) is 7.11 Å². The smallest absolute Gasteiger partial charge is 0.141 e. The van der Waals surface area contributed by atoms with Gasteiger partial charge in [-0.2, -0.15) is 0 Å². The number of ketones is 1. The van der Waals surface area contributed by atoms with Crippen LogP contribution < -0.4 is 0 Å². The van der Waals surface area contributed by atoms with Crippen LogP contribution in [0.15, 0.2) is 0 Å². The fraction of sp³-hybridized carbons (Fsp3) is 0.938. The van der Waals surface area contributed by atoms with E-state index < -0.39 is 5.60 Å². The summed E-state index contributed by atoms with van der Waals surface area (Å²) in [6.45, 7) is 4.56. The first-order valence-corrected chi connectivity index (χ1v) is 7.68. The Labute approximate surface area is 114 Å². The van der Waals surface area contributed by atoms with Crippen LogP contribution in [0.4, 0.5) is 0 Å². The molecular formula is C16H24O3. The molecule has 4 bridgehead atoms. The van der Waals surface area contributed by atoms with Crippen LogP contribution in [-0.4, -0.2) is 29.7 Å². The maximum absolute atomic E-state index is 12.5. The topological polar surface area (TPSA) is 46.5 Å². The second-order valence-corrected chi connectivity index (χ2v) is 7.83. The van der Waals surface area contributed by atoms with Crippen molar-refractivity contribution < 1.29 is 14.6 Å². The van der Waals surface area contributed by atoms with Crippen molar-refractivity contribution in [1.82, 2.24) is 0 Å². The van der Waals surface area contributed by atoms with Crippen molar-refractivity contribution in [1.29, 1.82) is 0 Å². The van der Waals surface area contributed by atoms with E-state index in [0.717, 1.165) is 12.8 Å². The van der Waals surface area contributed by atoms with Gasteiger partial charge in [0.15, 0.2) is 0 Å². The fourth-order valence-corrected chi connectivity index (χ4v) is 6.84. The number of Topliss-reactive ketones (excluding diaryl/α,β-unsaturated/α-hetero) is 1. The van der Waals surface area contributed by atoms with Crippen LogP contribution in [0.1, 0.15) is 46.0 Å². The minimum absolute atomic E-state index is 0.127. The highest BCUT2D eigenvalue weighted by atomic mass is 16.5. The SMILES string of the molecule is CO[C@H]1CC(=O)[C@@H]2[C@@H]3[C@H]4CCC[C@]3(C)[C@](C)(C4)[C@@]12O. The first-order valence-electron chi connectivity index (χ1n) is 7.68. The number of ether oxygens (including phenoxy) is 1. The highest BCUT2D eigenvalue weighted by Gasteiger charge is 2.82. The van der Waals surface area contributed by atoms with E-state index in [1.807, 2.05) is 0 Å². The maximum Gasteiger partial charge on any atom is 0.141 e. The van der Waals surface area contributed by atoms with Crippen molar-refractivity contribution in [2.24, 2.45) is 28.6 Å². The van der Waals surface area contributed by atoms with Gasteiger partial charge in [0.25, 0.3) is 0 Å². The van der Waals surface area contributed by atoms with Crippen LogP contribution in [0.5, 0.6) is 0 Å². The average Bonchev–Trinajstić information content (AvgIpc) is 2.75. The molecule has 0 aromatic rings. The Balaban J connectivity index is 1.93. The lowest BCUT2D eigenvalue weighted by molar-refractivity contribution is -0.175. The summed E-state index contributed by atoms with van der Waals surface area (Å²) in [6.07, 6.45) is 4.85. The zero-order valence-corrected chi connectivity index (χ0v) is 12.1. The predicted molar refractivity (Wildman–Crippen MR) is 70.5 cm³/mol. The molecule has 0 amide bonds. The van der Waals surface area contributed by atoms with Crippen molar-refractivity contribution >= 4 is 5.78 Å². The number of rotatable bonds is 1. The molecule has 0 unspecified atom stereocenters. The molecule has 0 heterocycles. The highest BCUT2D eigenvalue weighted by Crippen LogP contribution is 2.80. The second-order valence-electron chi connectivity index (χ2n) is 7.83. The van der Waals surface area contributed by atoms with Crippen molar-refractivity contribution in [3.05, 3.63) is 0 Å². The Morgan fingerprint density at radius 2 is 2.11 bits per heavy atom. The largest absolute Gasteiger partial charge is 0.386 e. The number of aliphatic hydroxyl groups is 1. The number of hydrogen-bond donors (Lipinski definition) is 1. The van der Waals surface area contributed by atoms with Crippen LogP contribution in [-0.2, 0) is 9.53 Å². The third-order valence-electron chi connectivity index (χ3n) is 7.67. The number of carbonyl (C=O) groups excluding carboxylic acids is 1. The Morgan fingerprint density at radius 1 is 1.37 bits per heavy atom. The molecule has 4 aliphatic rings. The van der Waals surface area contributed by atoms with Crippen LogP contribution in [0.2, 0.25) is 0 Å². The summed E-state index contributed by atoms with van der Waals surface area (Å²) in [6, 6.07) is 0. The second kappa shape index (κ2) is 3.25. The molecule has 1 N–H and O–H groups in total. The van der Waals surface area contributed by atoms with Gasteiger partial charge in [0, 0.05) is 18.9 Å². The first-order chi connectivity index (χ1) is 8.90. The molecule has 4 aliphatic carbocycles. The molecule has 3 heteroatoms. The van der Waals surface area contributed by atoms with E-state index in [4.69, 9.17) is 4.74 Å². The molecule has 0 aromatic heterocycles. The summed E-state index contributed by atoms with van der Waals surface area (Å²) in [4.78, 5) is 12.5. The summed E-state index contributed by atoms with van der Waals surface area (Å²) >= 11 is 0. The molecule has 0 saturated heterocycles. The van der Waals surface area contributed by atoms with Gasteiger partial charge >= 0.3 is 0 Å². The van der Waals surface area contributed by atoms with Crippen molar-refractivity contribution in [3.8, 4) is 0 Å². The van der Waals surface area contributed by atoms with Gasteiger partial charge in [-0.3, -0.25) is 4.79 Å². The van der Waals surface area contributed by atoms with Gasteiger partial charge in [-0.05, 0) is 30.1 Å². The highest BCUT2D eigenvalue weighted by molar-refractivity contribution is 5.88. The Morgan fingerprint density at radius 3 is 2.79 bits per heavy atom. The molecule has 4 rings (SSSR count). The Hall–Kier alpha value is -0.410. The molecular weight excluding hydrogens is 240 g/mol. The molecule has 4 fully saturated rings. The van der Waals surface area contributed by atoms with Crippen LogP contribution in [0, 0.1) is 28.6 Å². The van der Waals surface area contributed by atoms with Gasteiger partial charge in [-0.15, -0.1) is 0 Å². The summed E-state index contributed by atoms with van der Waals surface area (Å²) in [5.41, 5.74) is -0.940. The Bertz CT molecular complexity index is 461. The van der Waals surface area contributed by atoms with E-state index >= 15 is 0 Å². The minimum Gasteiger partial charge on any atom is -0.386 e. The molecule has 0 aromatic carbocycles. The zero-order chi connectivity index (χ0) is 13.6. The van der Waals surface area contributed by atoms with Gasteiger partial charge in [0.1, 0.15) is 11.4 Å². The van der Waals surface area contributed by atoms with E-state index in [-0.39, 0.29) is 28.6 Å². The minimum atomic E-state index is -0.918. The van der Waals surface area contributed by atoms with E-state index in [2.05, 4.69) is 13.8 Å². The summed E-state index contributed by atoms with van der Waals surface area (Å²) in [7, 11) is 1.64. The predicted octanol–water partition coefficient (Wildman–Crippen LogP) is 2.17. The molecule has 0 radical (unpaired) electrons. The van der Waals surface area contributed by atoms with Crippen LogP contribution in [0.25, 0.3) is 0 Å². The average molecular weight is 264 g/mol. The molecule has 7 atom stereocenters. The molecule has 0 aliphatic heterocycles.